The van der Waals surface area contributed by atoms with Gasteiger partial charge in [0.1, 0.15) is 10.8 Å². The van der Waals surface area contributed by atoms with Crippen molar-refractivity contribution in [1.82, 2.24) is 10.5 Å². The summed E-state index contributed by atoms with van der Waals surface area (Å²) in [5.41, 5.74) is 1.98. The van der Waals surface area contributed by atoms with Gasteiger partial charge in [-0.05, 0) is 6.07 Å². The molecule has 0 saturated heterocycles. The fourth-order valence-corrected chi connectivity index (χ4v) is 1.06. The van der Waals surface area contributed by atoms with E-state index in [1.165, 1.54) is 6.07 Å². The Labute approximate surface area is 94.1 Å². The third kappa shape index (κ3) is 3.43. The van der Waals surface area contributed by atoms with Crippen molar-refractivity contribution < 1.29 is 19.5 Å². The van der Waals surface area contributed by atoms with E-state index in [0.29, 0.717) is 0 Å². The molecule has 0 aromatic carbocycles. The molecule has 1 heterocycles. The monoisotopic (exact) mass is 252 g/mol. The van der Waals surface area contributed by atoms with Gasteiger partial charge in [-0.15, -0.1) is 0 Å². The van der Waals surface area contributed by atoms with E-state index in [9.17, 15) is 9.59 Å². The van der Waals surface area contributed by atoms with Crippen LogP contribution in [-0.2, 0) is 9.63 Å². The summed E-state index contributed by atoms with van der Waals surface area (Å²) >= 11 is 11.1. The third-order valence-electron chi connectivity index (χ3n) is 1.33. The molecule has 0 atom stereocenters. The lowest BCUT2D eigenvalue weighted by Gasteiger charge is -2.00. The molecule has 1 rings (SSSR count). The van der Waals surface area contributed by atoms with E-state index in [2.05, 4.69) is 9.82 Å². The van der Waals surface area contributed by atoms with Crippen molar-refractivity contribution in [2.75, 3.05) is 6.61 Å². The zero-order valence-electron chi connectivity index (χ0n) is 7.21. The number of carboxylic acid groups (broad SMARTS) is 1. The van der Waals surface area contributed by atoms with E-state index >= 15 is 0 Å². The maximum absolute atomic E-state index is 11.2. The average molecular weight is 253 g/mol. The Bertz CT molecular complexity index is 371. The molecule has 82 valence electrons. The molecule has 0 aliphatic carbocycles. The summed E-state index contributed by atoms with van der Waals surface area (Å²) < 4.78 is 0. The molecule has 0 bridgehead atoms. The van der Waals surface area contributed by atoms with Gasteiger partial charge in [-0.3, -0.25) is 9.63 Å². The largest absolute Gasteiger partial charge is 0.479 e. The van der Waals surface area contributed by atoms with Crippen LogP contribution < -0.4 is 5.48 Å². The van der Waals surface area contributed by atoms with Crippen molar-refractivity contribution in [3.05, 3.63) is 21.9 Å². The second-order valence-electron chi connectivity index (χ2n) is 2.46. The highest BCUT2D eigenvalue weighted by Gasteiger charge is 2.11. The lowest BCUT2D eigenvalue weighted by Crippen LogP contribution is -2.26. The molecular formula is C7H6Cl2N2O4. The first kappa shape index (κ1) is 11.8. The molecular weight excluding hydrogens is 247 g/mol. The van der Waals surface area contributed by atoms with Crippen molar-refractivity contribution in [3.8, 4) is 0 Å². The zero-order chi connectivity index (χ0) is 11.4. The van der Waals surface area contributed by atoms with Crippen molar-refractivity contribution in [2.24, 2.45) is 0 Å². The van der Waals surface area contributed by atoms with Crippen LogP contribution in [-0.4, -0.2) is 28.6 Å². The first-order valence-electron chi connectivity index (χ1n) is 3.68. The second-order valence-corrected chi connectivity index (χ2v) is 3.24. The fourth-order valence-electron chi connectivity index (χ4n) is 0.745. The van der Waals surface area contributed by atoms with E-state index in [0.717, 1.165) is 0 Å². The van der Waals surface area contributed by atoms with Crippen LogP contribution >= 0.6 is 23.2 Å². The number of hydrogen-bond acceptors (Lipinski definition) is 3. The lowest BCUT2D eigenvalue weighted by molar-refractivity contribution is -0.144. The maximum atomic E-state index is 11.2. The number of rotatable bonds is 4. The molecule has 6 nitrogen and oxygen atoms in total. The van der Waals surface area contributed by atoms with Gasteiger partial charge in [-0.25, -0.2) is 10.3 Å². The maximum Gasteiger partial charge on any atom is 0.332 e. The average Bonchev–Trinajstić information content (AvgIpc) is 2.46. The minimum absolute atomic E-state index is 0.0791. The highest BCUT2D eigenvalue weighted by atomic mass is 35.5. The smallest absolute Gasteiger partial charge is 0.332 e. The molecule has 8 heteroatoms. The van der Waals surface area contributed by atoms with Gasteiger partial charge in [0.2, 0.25) is 0 Å². The SMILES string of the molecule is O=C(O)CONC(=O)c1cc(Cl)c(Cl)[nH]1. The van der Waals surface area contributed by atoms with Crippen LogP contribution in [0.4, 0.5) is 0 Å². The molecule has 15 heavy (non-hydrogen) atoms. The van der Waals surface area contributed by atoms with Crippen molar-refractivity contribution >= 4 is 35.1 Å². The molecule has 1 amide bonds. The minimum atomic E-state index is -1.20. The number of aliphatic carboxylic acids is 1. The van der Waals surface area contributed by atoms with Gasteiger partial charge in [0.15, 0.2) is 6.61 Å². The Morgan fingerprint density at radius 3 is 2.67 bits per heavy atom. The van der Waals surface area contributed by atoms with Crippen LogP contribution in [0, 0.1) is 0 Å². The third-order valence-corrected chi connectivity index (χ3v) is 2.02. The van der Waals surface area contributed by atoms with Crippen LogP contribution in [0.3, 0.4) is 0 Å². The number of amides is 1. The summed E-state index contributed by atoms with van der Waals surface area (Å²) in [6.07, 6.45) is 0. The highest BCUT2D eigenvalue weighted by Crippen LogP contribution is 2.21. The van der Waals surface area contributed by atoms with Gasteiger partial charge >= 0.3 is 5.97 Å². The predicted octanol–water partition coefficient (Wildman–Crippen LogP) is 1.07. The topological polar surface area (TPSA) is 91.4 Å². The molecule has 0 unspecified atom stereocenters. The zero-order valence-corrected chi connectivity index (χ0v) is 8.72. The number of carbonyl (C=O) groups excluding carboxylic acids is 1. The predicted molar refractivity (Wildman–Crippen MR) is 51.9 cm³/mol. The number of aromatic nitrogens is 1. The Balaban J connectivity index is 2.50. The lowest BCUT2D eigenvalue weighted by atomic mass is 10.4. The summed E-state index contributed by atoms with van der Waals surface area (Å²) in [7, 11) is 0. The van der Waals surface area contributed by atoms with Gasteiger partial charge < -0.3 is 10.1 Å². The first-order valence-corrected chi connectivity index (χ1v) is 4.44. The van der Waals surface area contributed by atoms with Crippen LogP contribution in [0.1, 0.15) is 10.5 Å². The van der Waals surface area contributed by atoms with E-state index in [1.54, 1.807) is 0 Å². The number of nitrogens with one attached hydrogen (secondary N) is 2. The minimum Gasteiger partial charge on any atom is -0.479 e. The molecule has 3 N–H and O–H groups in total. The number of hydroxylamine groups is 1. The van der Waals surface area contributed by atoms with E-state index in [1.807, 2.05) is 5.48 Å². The first-order chi connectivity index (χ1) is 7.00. The molecule has 0 aliphatic rings. The second kappa shape index (κ2) is 5.01. The van der Waals surface area contributed by atoms with Crippen molar-refractivity contribution in [2.45, 2.75) is 0 Å². The van der Waals surface area contributed by atoms with Gasteiger partial charge in [0, 0.05) is 0 Å². The number of aromatic amines is 1. The molecule has 1 aromatic heterocycles. The van der Waals surface area contributed by atoms with Crippen molar-refractivity contribution in [1.29, 1.82) is 0 Å². The molecule has 0 fully saturated rings. The normalized spacial score (nSPS) is 10.0. The van der Waals surface area contributed by atoms with Crippen LogP contribution in [0.15, 0.2) is 6.07 Å². The van der Waals surface area contributed by atoms with E-state index < -0.39 is 18.5 Å². The molecule has 0 aliphatic heterocycles. The Morgan fingerprint density at radius 2 is 2.20 bits per heavy atom. The quantitative estimate of drug-likeness (QED) is 0.700. The van der Waals surface area contributed by atoms with Gasteiger partial charge in [-0.1, -0.05) is 23.2 Å². The summed E-state index contributed by atoms with van der Waals surface area (Å²) in [5, 5.41) is 8.54. The summed E-state index contributed by atoms with van der Waals surface area (Å²) in [5.74, 6) is -1.86. The number of carboxylic acids is 1. The number of H-pyrrole nitrogens is 1. The summed E-state index contributed by atoms with van der Waals surface area (Å²) in [6.45, 7) is -0.631. The van der Waals surface area contributed by atoms with Gasteiger partial charge in [0.05, 0.1) is 5.02 Å². The fraction of sp³-hybridized carbons (Fsp3) is 0.143. The van der Waals surface area contributed by atoms with E-state index in [-0.39, 0.29) is 15.9 Å². The molecule has 0 spiro atoms. The van der Waals surface area contributed by atoms with Crippen LogP contribution in [0.2, 0.25) is 10.2 Å². The van der Waals surface area contributed by atoms with E-state index in [4.69, 9.17) is 28.3 Å². The molecule has 1 aromatic rings. The molecule has 0 radical (unpaired) electrons. The van der Waals surface area contributed by atoms with Gasteiger partial charge in [-0.2, -0.15) is 0 Å². The number of halogens is 2. The Kier molecular flexibility index (Phi) is 3.96. The van der Waals surface area contributed by atoms with Gasteiger partial charge in [0.25, 0.3) is 5.91 Å². The molecule has 0 saturated carbocycles. The van der Waals surface area contributed by atoms with Crippen molar-refractivity contribution in [3.63, 3.8) is 0 Å². The van der Waals surface area contributed by atoms with Crippen LogP contribution in [0.5, 0.6) is 0 Å². The summed E-state index contributed by atoms with van der Waals surface area (Å²) in [4.78, 5) is 28.1. The number of carbonyl (C=O) groups is 2. The number of hydrogen-bond donors (Lipinski definition) is 3. The summed E-state index contributed by atoms with van der Waals surface area (Å²) in [6, 6.07) is 1.29. The van der Waals surface area contributed by atoms with Crippen LogP contribution in [0.25, 0.3) is 0 Å². The standard InChI is InChI=1S/C7H6Cl2N2O4/c8-3-1-4(10-6(3)9)7(14)11-15-2-5(12)13/h1,10H,2H2,(H,11,14)(H,12,13). The highest BCUT2D eigenvalue weighted by molar-refractivity contribution is 6.41. The Hall–Kier alpha value is -1.24. The Morgan fingerprint density at radius 1 is 1.53 bits per heavy atom.